The van der Waals surface area contributed by atoms with E-state index in [1.54, 1.807) is 20.3 Å². The van der Waals surface area contributed by atoms with Gasteiger partial charge in [0.2, 0.25) is 0 Å². The van der Waals surface area contributed by atoms with Crippen LogP contribution in [-0.2, 0) is 7.05 Å². The first-order chi connectivity index (χ1) is 10.4. The van der Waals surface area contributed by atoms with Crippen LogP contribution in [0.25, 0.3) is 0 Å². The molecule has 0 saturated heterocycles. The van der Waals surface area contributed by atoms with Crippen LogP contribution >= 0.6 is 12.2 Å². The molecule has 1 heterocycles. The molecule has 1 aromatic carbocycles. The van der Waals surface area contributed by atoms with E-state index in [1.165, 1.54) is 0 Å². The molecule has 0 saturated carbocycles. The third-order valence-electron chi connectivity index (χ3n) is 3.36. The van der Waals surface area contributed by atoms with E-state index in [0.717, 1.165) is 22.8 Å². The fourth-order valence-corrected chi connectivity index (χ4v) is 2.33. The molecular weight excluding hydrogens is 300 g/mol. The molecule has 0 aliphatic rings. The van der Waals surface area contributed by atoms with Crippen LogP contribution < -0.4 is 20.1 Å². The molecule has 0 fully saturated rings. The van der Waals surface area contributed by atoms with Crippen molar-refractivity contribution < 1.29 is 9.47 Å². The molecule has 0 amide bonds. The zero-order valence-corrected chi connectivity index (χ0v) is 14.2. The van der Waals surface area contributed by atoms with Crippen LogP contribution in [0.4, 0.5) is 11.4 Å². The van der Waals surface area contributed by atoms with Crippen molar-refractivity contribution >= 4 is 28.7 Å². The Hall–Kier alpha value is -2.28. The van der Waals surface area contributed by atoms with E-state index in [4.69, 9.17) is 21.7 Å². The summed E-state index contributed by atoms with van der Waals surface area (Å²) in [4.78, 5) is 0. The zero-order valence-electron chi connectivity index (χ0n) is 13.4. The van der Waals surface area contributed by atoms with Crippen molar-refractivity contribution in [3.8, 4) is 11.5 Å². The second-order valence-corrected chi connectivity index (χ2v) is 5.26. The summed E-state index contributed by atoms with van der Waals surface area (Å²) in [5, 5.41) is 11.1. The average Bonchev–Trinajstić information content (AvgIpc) is 2.73. The van der Waals surface area contributed by atoms with Gasteiger partial charge in [-0.2, -0.15) is 5.10 Å². The Labute approximate surface area is 135 Å². The van der Waals surface area contributed by atoms with E-state index in [0.29, 0.717) is 16.6 Å². The number of aryl methyl sites for hydroxylation is 2. The van der Waals surface area contributed by atoms with Gasteiger partial charge in [-0.05, 0) is 26.1 Å². The van der Waals surface area contributed by atoms with Gasteiger partial charge in [0.05, 0.1) is 31.3 Å². The first-order valence-corrected chi connectivity index (χ1v) is 7.16. The quantitative estimate of drug-likeness (QED) is 0.845. The monoisotopic (exact) mass is 320 g/mol. The third-order valence-corrected chi connectivity index (χ3v) is 3.56. The molecule has 1 aromatic heterocycles. The van der Waals surface area contributed by atoms with E-state index in [9.17, 15) is 0 Å². The molecule has 118 valence electrons. The maximum atomic E-state index is 5.36. The van der Waals surface area contributed by atoms with Gasteiger partial charge in [0.1, 0.15) is 11.5 Å². The van der Waals surface area contributed by atoms with Crippen molar-refractivity contribution in [1.29, 1.82) is 0 Å². The molecule has 0 spiro atoms. The molecule has 2 N–H and O–H groups in total. The highest BCUT2D eigenvalue weighted by atomic mass is 32.1. The fraction of sp³-hybridized carbons (Fsp3) is 0.333. The van der Waals surface area contributed by atoms with Gasteiger partial charge in [-0.3, -0.25) is 4.68 Å². The summed E-state index contributed by atoms with van der Waals surface area (Å²) in [6.45, 7) is 3.92. The molecule has 0 unspecified atom stereocenters. The van der Waals surface area contributed by atoms with Gasteiger partial charge in [0.15, 0.2) is 5.11 Å². The third kappa shape index (κ3) is 3.48. The number of benzene rings is 1. The van der Waals surface area contributed by atoms with Crippen molar-refractivity contribution in [3.05, 3.63) is 29.6 Å². The summed E-state index contributed by atoms with van der Waals surface area (Å²) < 4.78 is 12.3. The van der Waals surface area contributed by atoms with Crippen LogP contribution in [0.2, 0.25) is 0 Å². The first kappa shape index (κ1) is 16.1. The number of methoxy groups -OCH3 is 2. The molecule has 0 aliphatic heterocycles. The molecule has 2 aromatic rings. The van der Waals surface area contributed by atoms with E-state index >= 15 is 0 Å². The molecule has 0 atom stereocenters. The zero-order chi connectivity index (χ0) is 16.3. The van der Waals surface area contributed by atoms with Crippen molar-refractivity contribution in [3.63, 3.8) is 0 Å². The van der Waals surface area contributed by atoms with Gasteiger partial charge >= 0.3 is 0 Å². The molecule has 0 radical (unpaired) electrons. The summed E-state index contributed by atoms with van der Waals surface area (Å²) in [6, 6.07) is 5.50. The molecule has 7 heteroatoms. The number of nitrogens with one attached hydrogen (secondary N) is 2. The lowest BCUT2D eigenvalue weighted by Crippen LogP contribution is -2.20. The van der Waals surface area contributed by atoms with Gasteiger partial charge < -0.3 is 20.1 Å². The minimum Gasteiger partial charge on any atom is -0.497 e. The van der Waals surface area contributed by atoms with Crippen molar-refractivity contribution in [1.82, 2.24) is 9.78 Å². The van der Waals surface area contributed by atoms with Crippen molar-refractivity contribution in [2.45, 2.75) is 13.8 Å². The second kappa shape index (κ2) is 6.65. The van der Waals surface area contributed by atoms with E-state index < -0.39 is 0 Å². The van der Waals surface area contributed by atoms with E-state index in [1.807, 2.05) is 37.7 Å². The summed E-state index contributed by atoms with van der Waals surface area (Å²) in [5.41, 5.74) is 3.61. The highest BCUT2D eigenvalue weighted by Gasteiger charge is 2.11. The Morgan fingerprint density at radius 2 is 1.68 bits per heavy atom. The number of rotatable bonds is 4. The number of ether oxygens (including phenoxy) is 2. The smallest absolute Gasteiger partial charge is 0.175 e. The van der Waals surface area contributed by atoms with Gasteiger partial charge in [-0.25, -0.2) is 0 Å². The largest absolute Gasteiger partial charge is 0.497 e. The normalized spacial score (nSPS) is 10.2. The minimum absolute atomic E-state index is 0.481. The first-order valence-electron chi connectivity index (χ1n) is 6.76. The predicted octanol–water partition coefficient (Wildman–Crippen LogP) is 2.86. The Balaban J connectivity index is 2.15. The molecule has 0 aliphatic carbocycles. The summed E-state index contributed by atoms with van der Waals surface area (Å²) >= 11 is 5.36. The molecule has 22 heavy (non-hydrogen) atoms. The molecule has 2 rings (SSSR count). The number of aromatic nitrogens is 2. The number of hydrogen-bond donors (Lipinski definition) is 2. The Bertz CT molecular complexity index is 675. The minimum atomic E-state index is 0.481. The Morgan fingerprint density at radius 1 is 1.09 bits per heavy atom. The van der Waals surface area contributed by atoms with E-state index in [-0.39, 0.29) is 0 Å². The van der Waals surface area contributed by atoms with Crippen LogP contribution in [-0.4, -0.2) is 29.1 Å². The van der Waals surface area contributed by atoms with Crippen LogP contribution in [0, 0.1) is 13.8 Å². The van der Waals surface area contributed by atoms with Crippen LogP contribution in [0.3, 0.4) is 0 Å². The van der Waals surface area contributed by atoms with E-state index in [2.05, 4.69) is 15.7 Å². The maximum absolute atomic E-state index is 5.36. The number of hydrogen-bond acceptors (Lipinski definition) is 4. The SMILES string of the molecule is COc1cc(NC(=S)Nc2c(C)nn(C)c2C)cc(OC)c1. The van der Waals surface area contributed by atoms with Crippen LogP contribution in [0.1, 0.15) is 11.4 Å². The summed E-state index contributed by atoms with van der Waals surface area (Å²) in [5.74, 6) is 1.39. The van der Waals surface area contributed by atoms with Crippen molar-refractivity contribution in [2.75, 3.05) is 24.9 Å². The van der Waals surface area contributed by atoms with Crippen LogP contribution in [0.15, 0.2) is 18.2 Å². The average molecular weight is 320 g/mol. The standard InChI is InChI=1S/C15H20N4O2S/c1-9-14(10(2)19(3)18-9)17-15(22)16-11-6-12(20-4)8-13(7-11)21-5/h6-8H,1-5H3,(H2,16,17,22). The van der Waals surface area contributed by atoms with Gasteiger partial charge in [0, 0.05) is 30.9 Å². The molecule has 6 nitrogen and oxygen atoms in total. The number of anilines is 2. The molecule has 0 bridgehead atoms. The lowest BCUT2D eigenvalue weighted by molar-refractivity contribution is 0.395. The lowest BCUT2D eigenvalue weighted by atomic mass is 10.2. The van der Waals surface area contributed by atoms with Gasteiger partial charge in [-0.1, -0.05) is 0 Å². The summed E-state index contributed by atoms with van der Waals surface area (Å²) in [7, 11) is 5.12. The number of thiocarbonyl (C=S) groups is 1. The van der Waals surface area contributed by atoms with Gasteiger partial charge in [-0.15, -0.1) is 0 Å². The predicted molar refractivity (Wildman–Crippen MR) is 92.1 cm³/mol. The van der Waals surface area contributed by atoms with Gasteiger partial charge in [0.25, 0.3) is 0 Å². The maximum Gasteiger partial charge on any atom is 0.175 e. The number of nitrogens with zero attached hydrogens (tertiary/aromatic N) is 2. The Kier molecular flexibility index (Phi) is 4.87. The fourth-order valence-electron chi connectivity index (χ4n) is 2.11. The van der Waals surface area contributed by atoms with Crippen LogP contribution in [0.5, 0.6) is 11.5 Å². The lowest BCUT2D eigenvalue weighted by Gasteiger charge is -2.13. The molecular formula is C15H20N4O2S. The topological polar surface area (TPSA) is 60.3 Å². The van der Waals surface area contributed by atoms with Crippen molar-refractivity contribution in [2.24, 2.45) is 7.05 Å². The second-order valence-electron chi connectivity index (χ2n) is 4.85. The Morgan fingerprint density at radius 3 is 2.14 bits per heavy atom. The highest BCUT2D eigenvalue weighted by Crippen LogP contribution is 2.26. The highest BCUT2D eigenvalue weighted by molar-refractivity contribution is 7.80. The summed E-state index contributed by atoms with van der Waals surface area (Å²) in [6.07, 6.45) is 0.